The number of methoxy groups -OCH3 is 1. The van der Waals surface area contributed by atoms with Crippen LogP contribution in [0, 0.1) is 20.8 Å². The number of aryl methyl sites for hydroxylation is 1. The van der Waals surface area contributed by atoms with E-state index in [0.29, 0.717) is 39.4 Å². The molecule has 224 valence electrons. The van der Waals surface area contributed by atoms with Crippen molar-refractivity contribution < 1.29 is 28.2 Å². The summed E-state index contributed by atoms with van der Waals surface area (Å²) in [5, 5.41) is 23.9. The molecule has 1 amide bonds. The Bertz CT molecular complexity index is 1510. The second-order valence-corrected chi connectivity index (χ2v) is 13.5. The van der Waals surface area contributed by atoms with Crippen molar-refractivity contribution in [2.45, 2.75) is 77.0 Å². The number of aromatic nitrogens is 1. The van der Waals surface area contributed by atoms with Gasteiger partial charge in [0.25, 0.3) is 10.0 Å². The van der Waals surface area contributed by atoms with Gasteiger partial charge in [0.2, 0.25) is 5.96 Å². The molecule has 0 saturated carbocycles. The third-order valence-corrected chi connectivity index (χ3v) is 9.58. The van der Waals surface area contributed by atoms with E-state index < -0.39 is 33.8 Å². The van der Waals surface area contributed by atoms with E-state index in [-0.39, 0.29) is 23.8 Å². The number of carbonyl (C=O) groups excluding carboxylic acids is 1. The van der Waals surface area contributed by atoms with Gasteiger partial charge < -0.3 is 30.4 Å². The second kappa shape index (κ2) is 12.6. The van der Waals surface area contributed by atoms with Crippen molar-refractivity contribution in [2.75, 3.05) is 13.7 Å². The molecule has 0 saturated heterocycles. The van der Waals surface area contributed by atoms with Crippen LogP contribution >= 0.6 is 11.3 Å². The van der Waals surface area contributed by atoms with Crippen molar-refractivity contribution in [2.24, 2.45) is 10.7 Å². The summed E-state index contributed by atoms with van der Waals surface area (Å²) in [6.45, 7) is 10.4. The molecule has 41 heavy (non-hydrogen) atoms. The number of carboxylic acid groups (broad SMARTS) is 1. The minimum atomic E-state index is -4.03. The molecule has 2 aromatic carbocycles. The first-order valence-corrected chi connectivity index (χ1v) is 15.4. The van der Waals surface area contributed by atoms with Crippen LogP contribution in [0.25, 0.3) is 10.2 Å². The molecule has 1 unspecified atom stereocenters. The van der Waals surface area contributed by atoms with E-state index in [1.165, 1.54) is 18.4 Å². The van der Waals surface area contributed by atoms with Crippen molar-refractivity contribution in [3.05, 3.63) is 52.0 Å². The minimum Gasteiger partial charge on any atom is -0.530 e. The van der Waals surface area contributed by atoms with Gasteiger partial charge in [0.15, 0.2) is 0 Å². The number of aliphatic hydroxyl groups excluding tert-OH is 1. The van der Waals surface area contributed by atoms with Crippen LogP contribution in [0.3, 0.4) is 0 Å². The van der Waals surface area contributed by atoms with Gasteiger partial charge in [-0.15, -0.1) is 11.3 Å². The maximum Gasteiger partial charge on any atom is 0.264 e. The lowest BCUT2D eigenvalue weighted by molar-refractivity contribution is -0.276. The molecule has 0 bridgehead atoms. The first-order chi connectivity index (χ1) is 19.1. The summed E-state index contributed by atoms with van der Waals surface area (Å²) in [6, 6.07) is 8.18. The van der Waals surface area contributed by atoms with Gasteiger partial charge in [-0.1, -0.05) is 12.1 Å². The molecule has 3 rings (SSSR count). The molecule has 0 fully saturated rings. The lowest BCUT2D eigenvalue weighted by atomic mass is 9.97. The summed E-state index contributed by atoms with van der Waals surface area (Å²) in [6.07, 6.45) is -2.14. The Hall–Kier alpha value is -3.42. The van der Waals surface area contributed by atoms with Gasteiger partial charge >= 0.3 is 0 Å². The van der Waals surface area contributed by atoms with Crippen molar-refractivity contribution in [3.63, 3.8) is 0 Å². The minimum absolute atomic E-state index is 0.0854. The molecule has 1 heterocycles. The van der Waals surface area contributed by atoms with Gasteiger partial charge in [0.05, 0.1) is 28.3 Å². The van der Waals surface area contributed by atoms with Crippen molar-refractivity contribution in [1.82, 2.24) is 14.6 Å². The third kappa shape index (κ3) is 7.27. The highest BCUT2D eigenvalue weighted by Crippen LogP contribution is 2.34. The largest absolute Gasteiger partial charge is 0.530 e. The van der Waals surface area contributed by atoms with Crippen LogP contribution in [0.5, 0.6) is 5.75 Å². The molecule has 13 heteroatoms. The Kier molecular flexibility index (Phi) is 9.88. The first kappa shape index (κ1) is 32.1. The van der Waals surface area contributed by atoms with E-state index in [2.05, 4.69) is 14.7 Å². The van der Waals surface area contributed by atoms with Crippen LogP contribution in [-0.4, -0.2) is 60.7 Å². The number of benzene rings is 2. The van der Waals surface area contributed by atoms with Crippen LogP contribution < -0.4 is 20.3 Å². The van der Waals surface area contributed by atoms with E-state index in [9.17, 15) is 23.4 Å². The Balaban J connectivity index is 1.79. The number of fused-ring (bicyclic) bond motifs is 1. The predicted octanol–water partition coefficient (Wildman–Crippen LogP) is 3.15. The molecular formula is C28H38N5O6S2-. The second-order valence-electron chi connectivity index (χ2n) is 10.8. The number of nitrogens with zero attached hydrogens (tertiary/aromatic N) is 3. The fourth-order valence-corrected chi connectivity index (χ4v) is 7.38. The molecule has 11 nitrogen and oxygen atoms in total. The Morgan fingerprint density at radius 1 is 1.24 bits per heavy atom. The lowest BCUT2D eigenvalue weighted by Crippen LogP contribution is -2.58. The number of amides is 1. The van der Waals surface area contributed by atoms with E-state index in [4.69, 9.17) is 10.5 Å². The van der Waals surface area contributed by atoms with Crippen LogP contribution in [0.2, 0.25) is 0 Å². The highest BCUT2D eigenvalue weighted by molar-refractivity contribution is 7.90. The number of hydrogen-bond donors (Lipinski definition) is 3. The number of aliphatic imine (C=N–C) groups is 1. The number of rotatable bonds is 10. The molecule has 0 radical (unpaired) electrons. The molecule has 0 aliphatic carbocycles. The van der Waals surface area contributed by atoms with E-state index in [1.54, 1.807) is 47.6 Å². The normalized spacial score (nSPS) is 14.1. The summed E-state index contributed by atoms with van der Waals surface area (Å²) in [4.78, 5) is 22.1. The zero-order chi connectivity index (χ0) is 30.7. The molecule has 0 aliphatic heterocycles. The third-order valence-electron chi connectivity index (χ3n) is 6.83. The number of sulfonamides is 1. The molecular weight excluding hydrogens is 566 g/mol. The summed E-state index contributed by atoms with van der Waals surface area (Å²) in [5.74, 6) is 0.289. The maximum absolute atomic E-state index is 13.1. The van der Waals surface area contributed by atoms with Gasteiger partial charge in [-0.2, -0.15) is 0 Å². The molecule has 0 spiro atoms. The van der Waals surface area contributed by atoms with Crippen LogP contribution in [-0.2, 0) is 10.0 Å². The highest BCUT2D eigenvalue weighted by Gasteiger charge is 2.35. The smallest absolute Gasteiger partial charge is 0.264 e. The molecule has 4 N–H and O–H groups in total. The Morgan fingerprint density at radius 3 is 2.49 bits per heavy atom. The van der Waals surface area contributed by atoms with Crippen molar-refractivity contribution in [1.29, 1.82) is 0 Å². The number of nitrogens with two attached hydrogens (primary N) is 1. The molecule has 0 aliphatic rings. The van der Waals surface area contributed by atoms with Crippen LogP contribution in [0.1, 0.15) is 61.4 Å². The quantitative estimate of drug-likeness (QED) is 0.180. The number of nitrogens with one attached hydrogen (secondary N) is 1. The van der Waals surface area contributed by atoms with Gasteiger partial charge in [-0.3, -0.25) is 4.99 Å². The topological polar surface area (TPSA) is 170 Å². The summed E-state index contributed by atoms with van der Waals surface area (Å²) >= 11 is 1.29. The molecule has 3 aromatic rings. The highest BCUT2D eigenvalue weighted by atomic mass is 32.2. The van der Waals surface area contributed by atoms with Gasteiger partial charge in [0, 0.05) is 12.1 Å². The van der Waals surface area contributed by atoms with E-state index in [1.807, 2.05) is 24.3 Å². The Labute approximate surface area is 245 Å². The zero-order valence-electron chi connectivity index (χ0n) is 24.4. The predicted molar refractivity (Wildman–Crippen MR) is 159 cm³/mol. The molecule has 2 atom stereocenters. The van der Waals surface area contributed by atoms with E-state index >= 15 is 0 Å². The standard InChI is InChI=1S/C28H39N5O6S2/c1-16-15-21(39-7)17(2)18(3)24(16)41(37,38)32-26(29)30-14-10-12-20(33(27(35)36)28(4,5)6)23(34)25-31-19-11-8-9-13-22(19)40-25/h8-9,11,13,15,20,23,34H,10,12,14H2,1-7H3,(H,35,36)(H3,29,30,32)/p-1/t20-,23?/m0/s1. The number of carbonyl (C=O) groups is 1. The maximum atomic E-state index is 13.1. The average molecular weight is 605 g/mol. The lowest BCUT2D eigenvalue weighted by Gasteiger charge is -2.45. The van der Waals surface area contributed by atoms with Gasteiger partial charge in [0.1, 0.15) is 23.0 Å². The van der Waals surface area contributed by atoms with E-state index in [0.717, 1.165) is 9.60 Å². The summed E-state index contributed by atoms with van der Waals surface area (Å²) < 4.78 is 34.8. The number of para-hydroxylation sites is 1. The molecule has 1 aromatic heterocycles. The SMILES string of the molecule is COc1cc(C)c(S(=O)(=O)NC(N)=NCCC[C@@H](C(O)c2nc3ccccc3s2)N(C(=O)[O-])C(C)(C)C)c(C)c1C. The van der Waals surface area contributed by atoms with Gasteiger partial charge in [-0.05, 0) is 89.3 Å². The monoisotopic (exact) mass is 604 g/mol. The van der Waals surface area contributed by atoms with Gasteiger partial charge in [-0.25, -0.2) is 18.1 Å². The van der Waals surface area contributed by atoms with Crippen molar-refractivity contribution >= 4 is 43.6 Å². The average Bonchev–Trinajstić information content (AvgIpc) is 3.30. The fraction of sp³-hybridized carbons (Fsp3) is 0.464. The zero-order valence-corrected chi connectivity index (χ0v) is 26.0. The number of aliphatic hydroxyl groups is 1. The first-order valence-electron chi connectivity index (χ1n) is 13.1. The summed E-state index contributed by atoms with van der Waals surface area (Å²) in [5.41, 5.74) is 7.52. The van der Waals surface area contributed by atoms with Crippen molar-refractivity contribution in [3.8, 4) is 5.75 Å². The summed E-state index contributed by atoms with van der Waals surface area (Å²) in [7, 11) is -2.51. The fourth-order valence-electron chi connectivity index (χ4n) is 4.88. The number of guanidine groups is 1. The number of ether oxygens (including phenoxy) is 1. The van der Waals surface area contributed by atoms with Crippen LogP contribution in [0.4, 0.5) is 4.79 Å². The Morgan fingerprint density at radius 2 is 1.90 bits per heavy atom. The van der Waals surface area contributed by atoms with Crippen LogP contribution in [0.15, 0.2) is 40.2 Å². The number of thiazole rings is 1. The number of hydrogen-bond acceptors (Lipinski definition) is 9.